The van der Waals surface area contributed by atoms with Gasteiger partial charge in [0.25, 0.3) is 0 Å². The molecule has 2 N–H and O–H groups in total. The molecule has 0 bridgehead atoms. The lowest BCUT2D eigenvalue weighted by atomic mass is 10.2. The summed E-state index contributed by atoms with van der Waals surface area (Å²) in [5, 5.41) is 4.08. The topological polar surface area (TPSA) is 79.4 Å². The van der Waals surface area contributed by atoms with E-state index in [-0.39, 0.29) is 0 Å². The Morgan fingerprint density at radius 3 is 2.83 bits per heavy atom. The second-order valence-electron chi connectivity index (χ2n) is 5.01. The maximum atomic E-state index is 11.1. The quantitative estimate of drug-likeness (QED) is 0.541. The van der Waals surface area contributed by atoms with Gasteiger partial charge in [-0.1, -0.05) is 42.5 Å². The lowest BCUT2D eigenvalue weighted by molar-refractivity contribution is 0.306. The van der Waals surface area contributed by atoms with E-state index in [1.54, 1.807) is 12.3 Å². The number of nitrogens with zero attached hydrogens (tertiary/aromatic N) is 2. The van der Waals surface area contributed by atoms with Crippen LogP contribution in [0, 0.1) is 0 Å². The molecule has 0 spiro atoms. The van der Waals surface area contributed by atoms with Gasteiger partial charge in [-0.15, -0.1) is 0 Å². The number of aromatic nitrogens is 2. The Morgan fingerprint density at radius 1 is 1.12 bits per heavy atom. The van der Waals surface area contributed by atoms with E-state index in [1.165, 1.54) is 6.20 Å². The molecule has 0 saturated heterocycles. The van der Waals surface area contributed by atoms with Crippen LogP contribution in [0.5, 0.6) is 5.75 Å². The Bertz CT molecular complexity index is 875. The predicted octanol–water partition coefficient (Wildman–Crippen LogP) is 2.79. The number of hydrogen-bond donors (Lipinski definition) is 2. The van der Waals surface area contributed by atoms with Crippen molar-refractivity contribution in [2.45, 2.75) is 6.61 Å². The van der Waals surface area contributed by atoms with Crippen LogP contribution < -0.4 is 15.9 Å². The molecule has 0 saturated carbocycles. The summed E-state index contributed by atoms with van der Waals surface area (Å²) in [5.41, 5.74) is 4.31. The summed E-state index contributed by atoms with van der Waals surface area (Å²) in [5.74, 6) is 1.24. The van der Waals surface area contributed by atoms with Crippen molar-refractivity contribution in [2.75, 3.05) is 5.43 Å². The van der Waals surface area contributed by atoms with Crippen LogP contribution in [-0.2, 0) is 6.61 Å². The molecular weight excluding hydrogens is 304 g/mol. The smallest absolute Gasteiger partial charge is 0.346 e. The van der Waals surface area contributed by atoms with Gasteiger partial charge < -0.3 is 4.74 Å². The van der Waals surface area contributed by atoms with Crippen molar-refractivity contribution in [3.63, 3.8) is 0 Å². The van der Waals surface area contributed by atoms with Crippen molar-refractivity contribution in [3.05, 3.63) is 88.5 Å². The van der Waals surface area contributed by atoms with Gasteiger partial charge in [-0.05, 0) is 29.3 Å². The summed E-state index contributed by atoms with van der Waals surface area (Å²) >= 11 is 0. The van der Waals surface area contributed by atoms with E-state index in [4.69, 9.17) is 4.74 Å². The number of nitrogens with one attached hydrogen (secondary N) is 2. The molecule has 0 radical (unpaired) electrons. The van der Waals surface area contributed by atoms with Crippen molar-refractivity contribution in [3.8, 4) is 5.75 Å². The van der Waals surface area contributed by atoms with E-state index >= 15 is 0 Å². The molecule has 3 aromatic rings. The molecule has 1 aromatic heterocycles. The summed E-state index contributed by atoms with van der Waals surface area (Å²) in [7, 11) is 0. The third-order valence-electron chi connectivity index (χ3n) is 3.18. The first-order chi connectivity index (χ1) is 11.8. The number of hydrazone groups is 1. The van der Waals surface area contributed by atoms with Crippen molar-refractivity contribution in [1.82, 2.24) is 9.97 Å². The number of benzene rings is 2. The highest BCUT2D eigenvalue weighted by Gasteiger charge is 1.97. The fraction of sp³-hybridized carbons (Fsp3) is 0.0556. The van der Waals surface area contributed by atoms with Crippen LogP contribution in [-0.4, -0.2) is 16.2 Å². The van der Waals surface area contributed by atoms with Crippen LogP contribution in [0.3, 0.4) is 0 Å². The summed E-state index contributed by atoms with van der Waals surface area (Å²) in [4.78, 5) is 17.2. The molecule has 6 nitrogen and oxygen atoms in total. The van der Waals surface area contributed by atoms with Crippen molar-refractivity contribution >= 4 is 12.0 Å². The maximum absolute atomic E-state index is 11.1. The van der Waals surface area contributed by atoms with Gasteiger partial charge in [-0.25, -0.2) is 9.78 Å². The zero-order valence-corrected chi connectivity index (χ0v) is 12.8. The molecule has 2 aromatic carbocycles. The predicted molar refractivity (Wildman–Crippen MR) is 93.3 cm³/mol. The SMILES string of the molecule is O=c1nccc(N/N=C\c2cccc(OCc3ccccc3)c2)[nH]1. The normalized spacial score (nSPS) is 10.7. The molecule has 0 amide bonds. The Labute approximate surface area is 138 Å². The molecule has 1 heterocycles. The number of ether oxygens (including phenoxy) is 1. The highest BCUT2D eigenvalue weighted by atomic mass is 16.5. The Balaban J connectivity index is 1.60. The highest BCUT2D eigenvalue weighted by Crippen LogP contribution is 2.14. The molecule has 0 aliphatic rings. The number of aromatic amines is 1. The molecule has 0 unspecified atom stereocenters. The second-order valence-corrected chi connectivity index (χ2v) is 5.01. The minimum atomic E-state index is -0.425. The fourth-order valence-corrected chi connectivity index (χ4v) is 2.04. The standard InChI is InChI=1S/C18H16N4O2/c23-18-19-10-9-17(21-18)22-20-12-15-7-4-8-16(11-15)24-13-14-5-2-1-3-6-14/h1-12H,13H2,(H2,19,21,22,23)/b20-12-. The van der Waals surface area contributed by atoms with E-state index < -0.39 is 5.69 Å². The molecule has 24 heavy (non-hydrogen) atoms. The van der Waals surface area contributed by atoms with Gasteiger partial charge in [0.1, 0.15) is 18.2 Å². The molecule has 6 heteroatoms. The average Bonchev–Trinajstić information content (AvgIpc) is 2.61. The third-order valence-corrected chi connectivity index (χ3v) is 3.18. The largest absolute Gasteiger partial charge is 0.489 e. The van der Waals surface area contributed by atoms with Crippen LogP contribution in [0.1, 0.15) is 11.1 Å². The monoisotopic (exact) mass is 320 g/mol. The summed E-state index contributed by atoms with van der Waals surface area (Å²) in [6, 6.07) is 19.2. The van der Waals surface area contributed by atoms with E-state index in [1.807, 2.05) is 54.6 Å². The lowest BCUT2D eigenvalue weighted by Gasteiger charge is -2.06. The van der Waals surface area contributed by atoms with Gasteiger partial charge in [0.15, 0.2) is 0 Å². The number of anilines is 1. The Kier molecular flexibility index (Phi) is 4.99. The van der Waals surface area contributed by atoms with Gasteiger partial charge in [-0.3, -0.25) is 10.4 Å². The zero-order chi connectivity index (χ0) is 16.6. The van der Waals surface area contributed by atoms with Crippen molar-refractivity contribution < 1.29 is 4.74 Å². The van der Waals surface area contributed by atoms with E-state index in [2.05, 4.69) is 20.5 Å². The first-order valence-electron chi connectivity index (χ1n) is 7.41. The Morgan fingerprint density at radius 2 is 2.00 bits per heavy atom. The molecule has 0 aliphatic carbocycles. The molecule has 120 valence electrons. The third kappa shape index (κ3) is 4.54. The van der Waals surface area contributed by atoms with E-state index in [0.717, 1.165) is 16.9 Å². The van der Waals surface area contributed by atoms with Gasteiger partial charge in [-0.2, -0.15) is 5.10 Å². The molecular formula is C18H16N4O2. The zero-order valence-electron chi connectivity index (χ0n) is 12.8. The molecule has 0 atom stereocenters. The fourth-order valence-electron chi connectivity index (χ4n) is 2.04. The molecule has 0 aliphatic heterocycles. The number of H-pyrrole nitrogens is 1. The van der Waals surface area contributed by atoms with Gasteiger partial charge >= 0.3 is 5.69 Å². The van der Waals surface area contributed by atoms with Crippen LogP contribution in [0.15, 0.2) is 76.8 Å². The van der Waals surface area contributed by atoms with Crippen LogP contribution >= 0.6 is 0 Å². The second kappa shape index (κ2) is 7.73. The molecule has 3 rings (SSSR count). The highest BCUT2D eigenvalue weighted by molar-refractivity contribution is 5.80. The number of hydrogen-bond acceptors (Lipinski definition) is 5. The van der Waals surface area contributed by atoms with Crippen LogP contribution in [0.2, 0.25) is 0 Å². The van der Waals surface area contributed by atoms with Crippen LogP contribution in [0.25, 0.3) is 0 Å². The van der Waals surface area contributed by atoms with Gasteiger partial charge in [0, 0.05) is 6.20 Å². The van der Waals surface area contributed by atoms with Crippen molar-refractivity contribution in [2.24, 2.45) is 5.10 Å². The first kappa shape index (κ1) is 15.5. The molecule has 0 fully saturated rings. The van der Waals surface area contributed by atoms with E-state index in [0.29, 0.717) is 12.4 Å². The van der Waals surface area contributed by atoms with Crippen molar-refractivity contribution in [1.29, 1.82) is 0 Å². The average molecular weight is 320 g/mol. The van der Waals surface area contributed by atoms with Crippen LogP contribution in [0.4, 0.5) is 5.82 Å². The first-order valence-corrected chi connectivity index (χ1v) is 7.41. The van der Waals surface area contributed by atoms with Gasteiger partial charge in [0.2, 0.25) is 0 Å². The summed E-state index contributed by atoms with van der Waals surface area (Å²) in [6.45, 7) is 0.512. The maximum Gasteiger partial charge on any atom is 0.346 e. The summed E-state index contributed by atoms with van der Waals surface area (Å²) in [6.07, 6.45) is 3.06. The van der Waals surface area contributed by atoms with E-state index in [9.17, 15) is 4.79 Å². The summed E-state index contributed by atoms with van der Waals surface area (Å²) < 4.78 is 5.78. The van der Waals surface area contributed by atoms with Gasteiger partial charge in [0.05, 0.1) is 6.21 Å². The lowest BCUT2D eigenvalue weighted by Crippen LogP contribution is -2.10. The minimum absolute atomic E-state index is 0.425. The number of rotatable bonds is 6. The Hall–Kier alpha value is -3.41. The minimum Gasteiger partial charge on any atom is -0.489 e.